The maximum atomic E-state index is 14.3. The van der Waals surface area contributed by atoms with E-state index in [2.05, 4.69) is 51.8 Å². The second kappa shape index (κ2) is 26.0. The fourth-order valence-corrected chi connectivity index (χ4v) is 8.17. The summed E-state index contributed by atoms with van der Waals surface area (Å²) in [6.07, 6.45) is 5.52. The Hall–Kier alpha value is -6.64. The molecule has 0 bridgehead atoms. The second-order valence-corrected chi connectivity index (χ2v) is 18.7. The fraction of sp³-hybridized carbons (Fsp3) is 0.574. The standard InChI is InChI=1S/C47H70N12O9/c1-26(2)16-33(39(61)21-40(62)54-35(17-27(3)4)43(64)56-34(42(48)63)19-31-22-49-24-51-31)55-46(67)41(28(5)6)58-44(65)36(18-30-12-9-8-10-13-30)57-45(66)38-14-11-15-59(38)47(68)37(53-29(7)60)20-32-23-50-25-52-32/h8-10,12-13,22-28,33-39,41,61H,11,14-21H2,1-7H3,(H2,48,63)(H,49,51)(H,50,52)(H,53,60)(H,54,62)(H,55,67)(H,56,64)(H,57,66)(H,58,65)/t33-,34-,35-,36-,37-,38-,39-,41-/m0/s1. The fourth-order valence-electron chi connectivity index (χ4n) is 8.17. The van der Waals surface area contributed by atoms with Crippen molar-refractivity contribution >= 4 is 47.3 Å². The van der Waals surface area contributed by atoms with E-state index in [0.717, 1.165) is 5.56 Å². The van der Waals surface area contributed by atoms with E-state index in [1.165, 1.54) is 30.7 Å². The van der Waals surface area contributed by atoms with Gasteiger partial charge < -0.3 is 57.6 Å². The number of nitrogens with two attached hydrogens (primary N) is 1. The van der Waals surface area contributed by atoms with E-state index >= 15 is 0 Å². The molecule has 11 N–H and O–H groups in total. The molecule has 0 aliphatic carbocycles. The van der Waals surface area contributed by atoms with Crippen LogP contribution in [-0.2, 0) is 57.6 Å². The van der Waals surface area contributed by atoms with Crippen LogP contribution in [0.15, 0.2) is 55.4 Å². The zero-order chi connectivity index (χ0) is 50.1. The summed E-state index contributed by atoms with van der Waals surface area (Å²) in [7, 11) is 0. The second-order valence-electron chi connectivity index (χ2n) is 18.7. The third-order valence-corrected chi connectivity index (χ3v) is 11.6. The highest BCUT2D eigenvalue weighted by Gasteiger charge is 2.40. The first-order valence-corrected chi connectivity index (χ1v) is 23.3. The summed E-state index contributed by atoms with van der Waals surface area (Å²) in [6.45, 7) is 12.5. The van der Waals surface area contributed by atoms with Crippen molar-refractivity contribution in [2.24, 2.45) is 23.5 Å². The summed E-state index contributed by atoms with van der Waals surface area (Å²) in [6, 6.07) is 1.60. The topological polar surface area (TPSA) is 316 Å². The smallest absolute Gasteiger partial charge is 0.246 e. The minimum atomic E-state index is -1.42. The first-order chi connectivity index (χ1) is 32.2. The predicted octanol–water partition coefficient (Wildman–Crippen LogP) is 0.0649. The lowest BCUT2D eigenvalue weighted by Gasteiger charge is -2.31. The number of hydrogen-bond donors (Lipinski definition) is 10. The van der Waals surface area contributed by atoms with Crippen LogP contribution in [0.1, 0.15) is 97.5 Å². The number of aliphatic hydroxyl groups is 1. The number of carbonyl (C=O) groups is 8. The highest BCUT2D eigenvalue weighted by Crippen LogP contribution is 2.21. The van der Waals surface area contributed by atoms with Crippen LogP contribution in [0.2, 0.25) is 0 Å². The number of nitrogens with zero attached hydrogens (tertiary/aromatic N) is 3. The van der Waals surface area contributed by atoms with Gasteiger partial charge in [0.2, 0.25) is 47.3 Å². The van der Waals surface area contributed by atoms with Gasteiger partial charge in [-0.1, -0.05) is 71.9 Å². The van der Waals surface area contributed by atoms with Crippen molar-refractivity contribution in [2.75, 3.05) is 6.54 Å². The minimum Gasteiger partial charge on any atom is -0.390 e. The molecule has 8 atom stereocenters. The van der Waals surface area contributed by atoms with Crippen molar-refractivity contribution in [1.29, 1.82) is 0 Å². The Bertz CT molecular complexity index is 2130. The van der Waals surface area contributed by atoms with Gasteiger partial charge in [-0.05, 0) is 49.0 Å². The van der Waals surface area contributed by atoms with Crippen LogP contribution in [0.3, 0.4) is 0 Å². The van der Waals surface area contributed by atoms with E-state index in [4.69, 9.17) is 5.73 Å². The molecule has 0 saturated carbocycles. The number of H-pyrrole nitrogens is 2. The summed E-state index contributed by atoms with van der Waals surface area (Å²) in [4.78, 5) is 123. The average Bonchev–Trinajstić information content (AvgIpc) is 4.08. The number of aromatic nitrogens is 4. The third-order valence-electron chi connectivity index (χ3n) is 11.6. The van der Waals surface area contributed by atoms with E-state index in [1.807, 2.05) is 33.8 Å². The van der Waals surface area contributed by atoms with Crippen molar-refractivity contribution in [3.8, 4) is 0 Å². The molecule has 0 unspecified atom stereocenters. The van der Waals surface area contributed by atoms with Gasteiger partial charge in [-0.25, -0.2) is 9.97 Å². The van der Waals surface area contributed by atoms with Crippen LogP contribution >= 0.6 is 0 Å². The summed E-state index contributed by atoms with van der Waals surface area (Å²) in [5.41, 5.74) is 7.48. The molecule has 1 fully saturated rings. The van der Waals surface area contributed by atoms with Gasteiger partial charge in [0.25, 0.3) is 0 Å². The van der Waals surface area contributed by atoms with Crippen molar-refractivity contribution in [3.63, 3.8) is 0 Å². The number of benzene rings is 1. The van der Waals surface area contributed by atoms with Crippen LogP contribution in [0.5, 0.6) is 0 Å². The zero-order valence-corrected chi connectivity index (χ0v) is 40.0. The SMILES string of the molecule is CC(=O)N[C@@H](Cc1cnc[nH]1)C(=O)N1CCC[C@H]1C(=O)N[C@@H](Cc1ccccc1)C(=O)N[C@H](C(=O)N[C@@H](CC(C)C)[C@@H](O)CC(=O)N[C@@H](CC(C)C)C(=O)N[C@@H](Cc1cnc[nH]1)C(N)=O)C(C)C. The molecule has 0 spiro atoms. The number of carbonyl (C=O) groups excluding carboxylic acids is 8. The minimum absolute atomic E-state index is 0.0485. The molecule has 1 aromatic carbocycles. The molecular formula is C47H70N12O9. The number of aromatic amines is 2. The van der Waals surface area contributed by atoms with Gasteiger partial charge in [0, 0.05) is 56.5 Å². The Morgan fingerprint density at radius 3 is 1.87 bits per heavy atom. The van der Waals surface area contributed by atoms with Gasteiger partial charge in [0.05, 0.1) is 31.2 Å². The number of hydrogen-bond acceptors (Lipinski definition) is 11. The molecule has 1 aliphatic rings. The van der Waals surface area contributed by atoms with Gasteiger partial charge in [-0.2, -0.15) is 0 Å². The first kappa shape index (κ1) is 54.0. The van der Waals surface area contributed by atoms with Gasteiger partial charge in [0.15, 0.2) is 0 Å². The van der Waals surface area contributed by atoms with Gasteiger partial charge >= 0.3 is 0 Å². The molecule has 8 amide bonds. The Balaban J connectivity index is 1.47. The maximum Gasteiger partial charge on any atom is 0.246 e. The molecule has 4 rings (SSSR count). The van der Waals surface area contributed by atoms with Gasteiger partial charge in [-0.3, -0.25) is 38.4 Å². The quantitative estimate of drug-likeness (QED) is 0.0513. The van der Waals surface area contributed by atoms with Crippen LogP contribution in [-0.4, -0.2) is 132 Å². The summed E-state index contributed by atoms with van der Waals surface area (Å²) in [5, 5.41) is 28.0. The van der Waals surface area contributed by atoms with Gasteiger partial charge in [-0.15, -0.1) is 0 Å². The maximum absolute atomic E-state index is 14.3. The van der Waals surface area contributed by atoms with Crippen LogP contribution in [0.4, 0.5) is 0 Å². The number of rotatable bonds is 26. The van der Waals surface area contributed by atoms with Gasteiger partial charge in [0.1, 0.15) is 36.3 Å². The Morgan fingerprint density at radius 1 is 0.721 bits per heavy atom. The highest BCUT2D eigenvalue weighted by molar-refractivity contribution is 5.96. The molecule has 68 heavy (non-hydrogen) atoms. The molecule has 1 saturated heterocycles. The number of nitrogens with one attached hydrogen (secondary N) is 8. The number of imidazole rings is 2. The number of amides is 8. The van der Waals surface area contributed by atoms with Crippen molar-refractivity contribution < 1.29 is 43.5 Å². The van der Waals surface area contributed by atoms with E-state index in [9.17, 15) is 43.5 Å². The zero-order valence-electron chi connectivity index (χ0n) is 40.0. The lowest BCUT2D eigenvalue weighted by Crippen LogP contribution is -2.60. The Kier molecular flexibility index (Phi) is 20.7. The highest BCUT2D eigenvalue weighted by atomic mass is 16.3. The molecule has 3 heterocycles. The van der Waals surface area contributed by atoms with Crippen molar-refractivity contribution in [2.45, 2.75) is 148 Å². The largest absolute Gasteiger partial charge is 0.390 e. The third kappa shape index (κ3) is 16.9. The normalized spacial score (nSPS) is 16.8. The average molecular weight is 947 g/mol. The molecule has 0 radical (unpaired) electrons. The van der Waals surface area contributed by atoms with Crippen LogP contribution in [0, 0.1) is 17.8 Å². The van der Waals surface area contributed by atoms with E-state index in [1.54, 1.807) is 44.3 Å². The van der Waals surface area contributed by atoms with E-state index in [0.29, 0.717) is 24.2 Å². The summed E-state index contributed by atoms with van der Waals surface area (Å²) >= 11 is 0. The number of likely N-dealkylation sites (tertiary alicyclic amines) is 1. The van der Waals surface area contributed by atoms with Crippen molar-refractivity contribution in [1.82, 2.24) is 56.7 Å². The molecule has 2 aromatic heterocycles. The lowest BCUT2D eigenvalue weighted by molar-refractivity contribution is -0.142. The summed E-state index contributed by atoms with van der Waals surface area (Å²) < 4.78 is 0. The van der Waals surface area contributed by atoms with Crippen molar-refractivity contribution in [3.05, 3.63) is 72.3 Å². The molecule has 372 valence electrons. The van der Waals surface area contributed by atoms with E-state index in [-0.39, 0.29) is 50.5 Å². The lowest BCUT2D eigenvalue weighted by atomic mass is 9.95. The van der Waals surface area contributed by atoms with Crippen LogP contribution in [0.25, 0.3) is 0 Å². The molecule has 21 nitrogen and oxygen atoms in total. The molecular weight excluding hydrogens is 877 g/mol. The van der Waals surface area contributed by atoms with E-state index < -0.39 is 108 Å². The predicted molar refractivity (Wildman–Crippen MR) is 250 cm³/mol. The molecule has 21 heteroatoms. The molecule has 3 aromatic rings. The first-order valence-electron chi connectivity index (χ1n) is 23.3. The number of primary amides is 1. The molecule has 1 aliphatic heterocycles. The summed E-state index contributed by atoms with van der Waals surface area (Å²) in [5.74, 6) is -5.45. The Morgan fingerprint density at radius 2 is 1.32 bits per heavy atom. The monoisotopic (exact) mass is 947 g/mol. The van der Waals surface area contributed by atoms with Crippen LogP contribution < -0.4 is 37.6 Å². The Labute approximate surface area is 397 Å². The number of aliphatic hydroxyl groups excluding tert-OH is 1.